The molecule has 96 valence electrons. The third kappa shape index (κ3) is 3.34. The maximum absolute atomic E-state index is 5.85. The quantitative estimate of drug-likeness (QED) is 0.891. The molecule has 1 aromatic heterocycles. The van der Waals surface area contributed by atoms with E-state index in [1.54, 1.807) is 6.20 Å². The Morgan fingerprint density at radius 3 is 3.00 bits per heavy atom. The van der Waals surface area contributed by atoms with Crippen molar-refractivity contribution >= 4 is 15.9 Å². The summed E-state index contributed by atoms with van der Waals surface area (Å²) in [4.78, 5) is 0. The highest BCUT2D eigenvalue weighted by Gasteiger charge is 2.07. The van der Waals surface area contributed by atoms with E-state index in [-0.39, 0.29) is 0 Å². The highest BCUT2D eigenvalue weighted by Crippen LogP contribution is 2.29. The summed E-state index contributed by atoms with van der Waals surface area (Å²) < 4.78 is 8.68. The monoisotopic (exact) mass is 309 g/mol. The van der Waals surface area contributed by atoms with Gasteiger partial charge in [0.1, 0.15) is 12.4 Å². The van der Waals surface area contributed by atoms with E-state index >= 15 is 0 Å². The van der Waals surface area contributed by atoms with Crippen molar-refractivity contribution in [2.24, 2.45) is 0 Å². The second kappa shape index (κ2) is 6.56. The minimum absolute atomic E-state index is 0.598. The van der Waals surface area contributed by atoms with E-state index in [0.717, 1.165) is 28.9 Å². The van der Waals surface area contributed by atoms with Gasteiger partial charge in [-0.1, -0.05) is 12.1 Å². The predicted octanol–water partition coefficient (Wildman–Crippen LogP) is 2.44. The van der Waals surface area contributed by atoms with Crippen molar-refractivity contribution in [3.05, 3.63) is 46.7 Å². The zero-order valence-corrected chi connectivity index (χ0v) is 11.9. The molecule has 2 aromatic rings. The summed E-state index contributed by atoms with van der Waals surface area (Å²) in [6.45, 7) is 2.13. The molecule has 2 rings (SSSR count). The number of ether oxygens (including phenoxy) is 1. The van der Waals surface area contributed by atoms with Crippen LogP contribution < -0.4 is 10.1 Å². The van der Waals surface area contributed by atoms with Gasteiger partial charge < -0.3 is 10.1 Å². The van der Waals surface area contributed by atoms with Crippen LogP contribution in [0.15, 0.2) is 41.1 Å². The summed E-state index contributed by atoms with van der Waals surface area (Å²) in [5, 5.41) is 7.28. The largest absolute Gasteiger partial charge is 0.490 e. The van der Waals surface area contributed by atoms with E-state index < -0.39 is 0 Å². The minimum Gasteiger partial charge on any atom is -0.490 e. The molecule has 18 heavy (non-hydrogen) atoms. The van der Waals surface area contributed by atoms with Crippen molar-refractivity contribution in [1.29, 1.82) is 0 Å². The van der Waals surface area contributed by atoms with Crippen molar-refractivity contribution in [3.8, 4) is 5.75 Å². The molecule has 0 bridgehead atoms. The van der Waals surface area contributed by atoms with Crippen LogP contribution in [-0.4, -0.2) is 23.4 Å². The van der Waals surface area contributed by atoms with E-state index in [9.17, 15) is 0 Å². The first-order chi connectivity index (χ1) is 8.81. The third-order valence-electron chi connectivity index (χ3n) is 2.54. The van der Waals surface area contributed by atoms with Crippen LogP contribution >= 0.6 is 15.9 Å². The Morgan fingerprint density at radius 1 is 1.39 bits per heavy atom. The first-order valence-electron chi connectivity index (χ1n) is 5.83. The van der Waals surface area contributed by atoms with E-state index in [4.69, 9.17) is 4.74 Å². The van der Waals surface area contributed by atoms with Crippen molar-refractivity contribution in [3.63, 3.8) is 0 Å². The van der Waals surface area contributed by atoms with Gasteiger partial charge in [0, 0.05) is 24.5 Å². The molecular formula is C13H16BrN3O. The Morgan fingerprint density at radius 2 is 2.28 bits per heavy atom. The molecule has 0 aliphatic rings. The average Bonchev–Trinajstić information content (AvgIpc) is 2.86. The molecule has 0 saturated carbocycles. The van der Waals surface area contributed by atoms with Gasteiger partial charge in [0.05, 0.1) is 11.0 Å². The Bertz CT molecular complexity index is 485. The third-order valence-corrected chi connectivity index (χ3v) is 3.17. The van der Waals surface area contributed by atoms with Gasteiger partial charge in [0.2, 0.25) is 0 Å². The number of hydrogen-bond acceptors (Lipinski definition) is 3. The fourth-order valence-corrected chi connectivity index (χ4v) is 2.24. The maximum atomic E-state index is 5.85. The molecule has 0 spiro atoms. The molecule has 1 N–H and O–H groups in total. The molecule has 0 atom stereocenters. The molecule has 0 unspecified atom stereocenters. The molecule has 0 amide bonds. The van der Waals surface area contributed by atoms with E-state index in [1.807, 2.05) is 36.1 Å². The van der Waals surface area contributed by atoms with E-state index in [2.05, 4.69) is 32.4 Å². The number of aromatic nitrogens is 2. The average molecular weight is 310 g/mol. The number of para-hydroxylation sites is 1. The van der Waals surface area contributed by atoms with Gasteiger partial charge in [-0.3, -0.25) is 4.68 Å². The van der Waals surface area contributed by atoms with Crippen LogP contribution in [-0.2, 0) is 13.1 Å². The summed E-state index contributed by atoms with van der Waals surface area (Å²) in [7, 11) is 1.93. The van der Waals surface area contributed by atoms with Gasteiger partial charge in [0.25, 0.3) is 0 Å². The SMILES string of the molecule is CNCc1cccc(Br)c1OCCn1cccn1. The Balaban J connectivity index is 1.99. The fraction of sp³-hybridized carbons (Fsp3) is 0.308. The molecule has 0 radical (unpaired) electrons. The van der Waals surface area contributed by atoms with Crippen LogP contribution in [0.2, 0.25) is 0 Å². The number of benzene rings is 1. The summed E-state index contributed by atoms with van der Waals surface area (Å²) in [5.74, 6) is 0.902. The van der Waals surface area contributed by atoms with Crippen LogP contribution in [0, 0.1) is 0 Å². The van der Waals surface area contributed by atoms with E-state index in [1.165, 1.54) is 0 Å². The molecule has 0 aliphatic carbocycles. The van der Waals surface area contributed by atoms with Gasteiger partial charge in [-0.25, -0.2) is 0 Å². The van der Waals surface area contributed by atoms with E-state index in [0.29, 0.717) is 6.61 Å². The number of halogens is 1. The number of rotatable bonds is 6. The zero-order valence-electron chi connectivity index (χ0n) is 10.3. The molecular weight excluding hydrogens is 294 g/mol. The normalized spacial score (nSPS) is 10.6. The Hall–Kier alpha value is -1.33. The highest BCUT2D eigenvalue weighted by atomic mass is 79.9. The summed E-state index contributed by atoms with van der Waals surface area (Å²) >= 11 is 3.52. The van der Waals surface area contributed by atoms with Crippen LogP contribution in [0.1, 0.15) is 5.56 Å². The van der Waals surface area contributed by atoms with Gasteiger partial charge in [0.15, 0.2) is 0 Å². The summed E-state index contributed by atoms with van der Waals surface area (Å²) in [6.07, 6.45) is 3.70. The molecule has 4 nitrogen and oxygen atoms in total. The summed E-state index contributed by atoms with van der Waals surface area (Å²) in [6, 6.07) is 7.97. The minimum atomic E-state index is 0.598. The number of nitrogens with zero attached hydrogens (tertiary/aromatic N) is 2. The lowest BCUT2D eigenvalue weighted by molar-refractivity contribution is 0.286. The predicted molar refractivity (Wildman–Crippen MR) is 74.6 cm³/mol. The Kier molecular flexibility index (Phi) is 4.78. The molecule has 0 fully saturated rings. The first kappa shape index (κ1) is 13.1. The lowest BCUT2D eigenvalue weighted by atomic mass is 10.2. The lowest BCUT2D eigenvalue weighted by Gasteiger charge is -2.13. The van der Waals surface area contributed by atoms with Crippen LogP contribution in [0.3, 0.4) is 0 Å². The number of hydrogen-bond donors (Lipinski definition) is 1. The van der Waals surface area contributed by atoms with Gasteiger partial charge in [-0.15, -0.1) is 0 Å². The zero-order chi connectivity index (χ0) is 12.8. The van der Waals surface area contributed by atoms with Crippen molar-refractivity contribution < 1.29 is 4.74 Å². The second-order valence-electron chi connectivity index (χ2n) is 3.88. The summed E-state index contributed by atoms with van der Waals surface area (Å²) in [5.41, 5.74) is 1.15. The van der Waals surface area contributed by atoms with Gasteiger partial charge >= 0.3 is 0 Å². The number of nitrogens with one attached hydrogen (secondary N) is 1. The van der Waals surface area contributed by atoms with Gasteiger partial charge in [-0.05, 0) is 35.1 Å². The van der Waals surface area contributed by atoms with Crippen molar-refractivity contribution in [2.75, 3.05) is 13.7 Å². The molecule has 1 heterocycles. The second-order valence-corrected chi connectivity index (χ2v) is 4.73. The smallest absolute Gasteiger partial charge is 0.138 e. The molecule has 0 aliphatic heterocycles. The van der Waals surface area contributed by atoms with Gasteiger partial charge in [-0.2, -0.15) is 5.10 Å². The Labute approximate surface area is 115 Å². The molecule has 1 aromatic carbocycles. The van der Waals surface area contributed by atoms with Crippen molar-refractivity contribution in [1.82, 2.24) is 15.1 Å². The fourth-order valence-electron chi connectivity index (χ4n) is 1.72. The highest BCUT2D eigenvalue weighted by molar-refractivity contribution is 9.10. The molecule has 5 heteroatoms. The lowest BCUT2D eigenvalue weighted by Crippen LogP contribution is -2.12. The molecule has 0 saturated heterocycles. The topological polar surface area (TPSA) is 39.1 Å². The van der Waals surface area contributed by atoms with Crippen LogP contribution in [0.4, 0.5) is 0 Å². The standard InChI is InChI=1S/C13H16BrN3O/c1-15-10-11-4-2-5-12(14)13(11)18-9-8-17-7-3-6-16-17/h2-7,15H,8-10H2,1H3. The van der Waals surface area contributed by atoms with Crippen molar-refractivity contribution in [2.45, 2.75) is 13.1 Å². The van der Waals surface area contributed by atoms with Crippen LogP contribution in [0.5, 0.6) is 5.75 Å². The van der Waals surface area contributed by atoms with Crippen LogP contribution in [0.25, 0.3) is 0 Å². The first-order valence-corrected chi connectivity index (χ1v) is 6.63. The maximum Gasteiger partial charge on any atom is 0.138 e.